The standard InChI is InChI=1S/C21H22ClNO4/c22-18-8-4-3-7-17(18)21(9-11-27-12-10-21)14-23-19(24)13-15-5-1-2-6-16(15)20(25)26/h1-8H,9-14H2,(H,23,24)(H,25,26). The van der Waals surface area contributed by atoms with Gasteiger partial charge in [0.05, 0.1) is 12.0 Å². The Kier molecular flexibility index (Phi) is 6.14. The first-order valence-electron chi connectivity index (χ1n) is 8.92. The van der Waals surface area contributed by atoms with E-state index in [1.54, 1.807) is 18.2 Å². The summed E-state index contributed by atoms with van der Waals surface area (Å²) < 4.78 is 5.51. The number of carboxylic acids is 1. The van der Waals surface area contributed by atoms with Crippen LogP contribution < -0.4 is 5.32 Å². The Morgan fingerprint density at radius 2 is 1.74 bits per heavy atom. The van der Waals surface area contributed by atoms with Crippen LogP contribution in [0.5, 0.6) is 0 Å². The van der Waals surface area contributed by atoms with Gasteiger partial charge in [-0.05, 0) is 36.1 Å². The summed E-state index contributed by atoms with van der Waals surface area (Å²) in [5, 5.41) is 12.9. The molecule has 6 heteroatoms. The number of carbonyl (C=O) groups is 2. The predicted molar refractivity (Wildman–Crippen MR) is 103 cm³/mol. The minimum absolute atomic E-state index is 0.0254. The van der Waals surface area contributed by atoms with Crippen molar-refractivity contribution in [2.45, 2.75) is 24.7 Å². The Balaban J connectivity index is 1.74. The van der Waals surface area contributed by atoms with Crippen molar-refractivity contribution in [2.75, 3.05) is 19.8 Å². The number of carbonyl (C=O) groups excluding carboxylic acids is 1. The van der Waals surface area contributed by atoms with Gasteiger partial charge >= 0.3 is 5.97 Å². The minimum Gasteiger partial charge on any atom is -0.478 e. The van der Waals surface area contributed by atoms with Gasteiger partial charge in [-0.25, -0.2) is 4.79 Å². The van der Waals surface area contributed by atoms with Crippen molar-refractivity contribution >= 4 is 23.5 Å². The van der Waals surface area contributed by atoms with Gasteiger partial charge in [-0.3, -0.25) is 4.79 Å². The van der Waals surface area contributed by atoms with Gasteiger partial charge in [0.1, 0.15) is 0 Å². The third kappa shape index (κ3) is 4.49. The first kappa shape index (κ1) is 19.4. The van der Waals surface area contributed by atoms with Gasteiger partial charge in [-0.2, -0.15) is 0 Å². The summed E-state index contributed by atoms with van der Waals surface area (Å²) in [6.07, 6.45) is 1.56. The van der Waals surface area contributed by atoms with Crippen LogP contribution in [0.3, 0.4) is 0 Å². The molecule has 0 saturated carbocycles. The van der Waals surface area contributed by atoms with Crippen LogP contribution in [0.1, 0.15) is 34.3 Å². The van der Waals surface area contributed by atoms with Crippen LogP contribution >= 0.6 is 11.6 Å². The van der Waals surface area contributed by atoms with E-state index in [1.807, 2.05) is 24.3 Å². The second-order valence-corrected chi connectivity index (χ2v) is 7.20. The minimum atomic E-state index is -1.03. The number of benzene rings is 2. The van der Waals surface area contributed by atoms with Crippen molar-refractivity contribution in [3.8, 4) is 0 Å². The molecule has 1 heterocycles. The Hall–Kier alpha value is -2.37. The van der Waals surface area contributed by atoms with Crippen molar-refractivity contribution in [3.05, 3.63) is 70.2 Å². The van der Waals surface area contributed by atoms with Gasteiger partial charge in [-0.1, -0.05) is 48.0 Å². The van der Waals surface area contributed by atoms with E-state index in [0.717, 1.165) is 18.4 Å². The molecule has 0 bridgehead atoms. The summed E-state index contributed by atoms with van der Waals surface area (Å²) in [7, 11) is 0. The number of hydrogen-bond acceptors (Lipinski definition) is 3. The molecule has 0 aromatic heterocycles. The van der Waals surface area contributed by atoms with Crippen LogP contribution in [-0.4, -0.2) is 36.7 Å². The lowest BCUT2D eigenvalue weighted by molar-refractivity contribution is -0.120. The van der Waals surface area contributed by atoms with E-state index in [1.165, 1.54) is 6.07 Å². The smallest absolute Gasteiger partial charge is 0.335 e. The zero-order chi connectivity index (χ0) is 19.3. The van der Waals surface area contributed by atoms with Crippen LogP contribution in [0.25, 0.3) is 0 Å². The number of aromatic carboxylic acids is 1. The van der Waals surface area contributed by atoms with Crippen molar-refractivity contribution in [1.82, 2.24) is 5.32 Å². The maximum atomic E-state index is 12.5. The highest BCUT2D eigenvalue weighted by molar-refractivity contribution is 6.31. The summed E-state index contributed by atoms with van der Waals surface area (Å²) >= 11 is 6.43. The number of carboxylic acid groups (broad SMARTS) is 1. The van der Waals surface area contributed by atoms with Gasteiger partial charge in [-0.15, -0.1) is 0 Å². The monoisotopic (exact) mass is 387 g/mol. The molecule has 0 radical (unpaired) electrons. The maximum Gasteiger partial charge on any atom is 0.335 e. The van der Waals surface area contributed by atoms with Crippen molar-refractivity contribution in [3.63, 3.8) is 0 Å². The number of halogens is 1. The van der Waals surface area contributed by atoms with E-state index < -0.39 is 5.97 Å². The molecule has 0 unspecified atom stereocenters. The number of amides is 1. The second-order valence-electron chi connectivity index (χ2n) is 6.79. The third-order valence-corrected chi connectivity index (χ3v) is 5.45. The van der Waals surface area contributed by atoms with E-state index in [9.17, 15) is 14.7 Å². The molecule has 2 aromatic carbocycles. The van der Waals surface area contributed by atoms with Gasteiger partial charge in [0.15, 0.2) is 0 Å². The summed E-state index contributed by atoms with van der Waals surface area (Å²) in [6, 6.07) is 14.3. The normalized spacial score (nSPS) is 15.9. The van der Waals surface area contributed by atoms with Crippen molar-refractivity contribution < 1.29 is 19.4 Å². The lowest BCUT2D eigenvalue weighted by Crippen LogP contribution is -2.45. The van der Waals surface area contributed by atoms with E-state index in [4.69, 9.17) is 16.3 Å². The Bertz CT molecular complexity index is 830. The van der Waals surface area contributed by atoms with Gasteiger partial charge in [0.2, 0.25) is 5.91 Å². The van der Waals surface area contributed by atoms with Crippen LogP contribution in [0.4, 0.5) is 0 Å². The SMILES string of the molecule is O=C(Cc1ccccc1C(=O)O)NCC1(c2ccccc2Cl)CCOCC1. The second kappa shape index (κ2) is 8.55. The number of nitrogens with one attached hydrogen (secondary N) is 1. The molecule has 1 amide bonds. The van der Waals surface area contributed by atoms with Crippen LogP contribution in [0.15, 0.2) is 48.5 Å². The van der Waals surface area contributed by atoms with Crippen LogP contribution in [0.2, 0.25) is 5.02 Å². The highest BCUT2D eigenvalue weighted by atomic mass is 35.5. The summed E-state index contributed by atoms with van der Waals surface area (Å²) in [5.41, 5.74) is 1.39. The molecular formula is C21H22ClNO4. The molecule has 1 aliphatic rings. The molecule has 1 aliphatic heterocycles. The summed E-state index contributed by atoms with van der Waals surface area (Å²) in [6.45, 7) is 1.67. The fraction of sp³-hybridized carbons (Fsp3) is 0.333. The molecule has 5 nitrogen and oxygen atoms in total. The Morgan fingerprint density at radius 3 is 2.44 bits per heavy atom. The quantitative estimate of drug-likeness (QED) is 0.796. The average Bonchev–Trinajstić information content (AvgIpc) is 2.68. The molecule has 2 aromatic rings. The highest BCUT2D eigenvalue weighted by Gasteiger charge is 2.36. The maximum absolute atomic E-state index is 12.5. The third-order valence-electron chi connectivity index (χ3n) is 5.12. The zero-order valence-corrected chi connectivity index (χ0v) is 15.7. The molecule has 2 N–H and O–H groups in total. The largest absolute Gasteiger partial charge is 0.478 e. The lowest BCUT2D eigenvalue weighted by atomic mass is 9.74. The first-order chi connectivity index (χ1) is 13.0. The number of ether oxygens (including phenoxy) is 1. The van der Waals surface area contributed by atoms with Crippen molar-refractivity contribution in [1.29, 1.82) is 0 Å². The highest BCUT2D eigenvalue weighted by Crippen LogP contribution is 2.38. The summed E-state index contributed by atoms with van der Waals surface area (Å²) in [5.74, 6) is -1.24. The van der Waals surface area contributed by atoms with Gasteiger partial charge in [0, 0.05) is 30.2 Å². The fourth-order valence-electron chi connectivity index (χ4n) is 3.58. The van der Waals surface area contributed by atoms with Crippen LogP contribution in [0, 0.1) is 0 Å². The predicted octanol–water partition coefficient (Wildman–Crippen LogP) is 3.45. The number of hydrogen-bond donors (Lipinski definition) is 2. The van der Waals surface area contributed by atoms with Gasteiger partial charge < -0.3 is 15.2 Å². The molecule has 3 rings (SSSR count). The summed E-state index contributed by atoms with van der Waals surface area (Å²) in [4.78, 5) is 23.8. The lowest BCUT2D eigenvalue weighted by Gasteiger charge is -2.38. The molecule has 0 atom stereocenters. The van der Waals surface area contributed by atoms with E-state index in [0.29, 0.717) is 30.3 Å². The molecule has 0 spiro atoms. The number of rotatable bonds is 6. The fourth-order valence-corrected chi connectivity index (χ4v) is 3.92. The van der Waals surface area contributed by atoms with Crippen molar-refractivity contribution in [2.24, 2.45) is 0 Å². The molecule has 1 fully saturated rings. The Labute approximate surface area is 163 Å². The van der Waals surface area contributed by atoms with E-state index in [-0.39, 0.29) is 23.3 Å². The molecular weight excluding hydrogens is 366 g/mol. The van der Waals surface area contributed by atoms with Crippen LogP contribution in [-0.2, 0) is 21.4 Å². The molecule has 0 aliphatic carbocycles. The van der Waals surface area contributed by atoms with Gasteiger partial charge in [0.25, 0.3) is 0 Å². The zero-order valence-electron chi connectivity index (χ0n) is 14.9. The molecule has 1 saturated heterocycles. The molecule has 142 valence electrons. The molecule has 27 heavy (non-hydrogen) atoms. The van der Waals surface area contributed by atoms with E-state index >= 15 is 0 Å². The average molecular weight is 388 g/mol. The topological polar surface area (TPSA) is 75.6 Å². The first-order valence-corrected chi connectivity index (χ1v) is 9.30. The van der Waals surface area contributed by atoms with E-state index in [2.05, 4.69) is 5.32 Å². The Morgan fingerprint density at radius 1 is 1.07 bits per heavy atom.